The second kappa shape index (κ2) is 5.93. The summed E-state index contributed by atoms with van der Waals surface area (Å²) in [7, 11) is -3.34. The molecule has 1 atom stereocenters. The summed E-state index contributed by atoms with van der Waals surface area (Å²) in [5, 5.41) is 5.88. The van der Waals surface area contributed by atoms with Crippen LogP contribution in [0.15, 0.2) is 29.2 Å². The Kier molecular flexibility index (Phi) is 4.45. The van der Waals surface area contributed by atoms with Crippen LogP contribution in [0, 0.1) is 11.8 Å². The first kappa shape index (κ1) is 15.0. The molecule has 0 aromatic heterocycles. The van der Waals surface area contributed by atoms with Gasteiger partial charge in [-0.3, -0.25) is 4.79 Å². The van der Waals surface area contributed by atoms with Crippen LogP contribution in [0.5, 0.6) is 0 Å². The van der Waals surface area contributed by atoms with E-state index in [0.29, 0.717) is 11.6 Å². The monoisotopic (exact) mass is 296 g/mol. The minimum atomic E-state index is -3.34. The van der Waals surface area contributed by atoms with E-state index < -0.39 is 9.84 Å². The predicted molar refractivity (Wildman–Crippen MR) is 78.3 cm³/mol. The van der Waals surface area contributed by atoms with Crippen molar-refractivity contribution in [3.8, 4) is 0 Å². The van der Waals surface area contributed by atoms with Crippen LogP contribution in [0.4, 0.5) is 5.69 Å². The Morgan fingerprint density at radius 3 is 2.60 bits per heavy atom. The number of hydrogen-bond donors (Lipinski definition) is 2. The van der Waals surface area contributed by atoms with Crippen LogP contribution < -0.4 is 10.6 Å². The molecule has 110 valence electrons. The molecular formula is C14H20N2O3S. The zero-order valence-corrected chi connectivity index (χ0v) is 12.5. The molecule has 2 N–H and O–H groups in total. The van der Waals surface area contributed by atoms with Crippen molar-refractivity contribution in [3.63, 3.8) is 0 Å². The lowest BCUT2D eigenvalue weighted by molar-refractivity contribution is -0.121. The van der Waals surface area contributed by atoms with Crippen LogP contribution in [0.3, 0.4) is 0 Å². The van der Waals surface area contributed by atoms with Gasteiger partial charge in [0, 0.05) is 5.92 Å². The third-order valence-electron chi connectivity index (χ3n) is 3.79. The standard InChI is InChI=1S/C14H20N2O3S/c1-3-20(18,19)13-7-5-4-6-12(13)16-14(17)10(2)11-8-15-9-11/h4-7,10-11,15H,3,8-9H2,1-2H3,(H,16,17). The Balaban J connectivity index is 2.19. The number of para-hydroxylation sites is 1. The first-order chi connectivity index (χ1) is 9.45. The van der Waals surface area contributed by atoms with Gasteiger partial charge >= 0.3 is 0 Å². The van der Waals surface area contributed by atoms with Crippen LogP contribution in [0.1, 0.15) is 13.8 Å². The Bertz CT molecular complexity index is 594. The van der Waals surface area contributed by atoms with Gasteiger partial charge in [0.15, 0.2) is 9.84 Å². The molecule has 6 heteroatoms. The Morgan fingerprint density at radius 1 is 1.40 bits per heavy atom. The fraction of sp³-hybridized carbons (Fsp3) is 0.500. The van der Waals surface area contributed by atoms with Gasteiger partial charge in [0.05, 0.1) is 16.3 Å². The molecular weight excluding hydrogens is 276 g/mol. The average Bonchev–Trinajstić information content (AvgIpc) is 2.37. The van der Waals surface area contributed by atoms with Crippen molar-refractivity contribution in [1.82, 2.24) is 5.32 Å². The highest BCUT2D eigenvalue weighted by molar-refractivity contribution is 7.91. The van der Waals surface area contributed by atoms with Crippen LogP contribution in [-0.4, -0.2) is 33.2 Å². The van der Waals surface area contributed by atoms with Gasteiger partial charge in [-0.2, -0.15) is 0 Å². The largest absolute Gasteiger partial charge is 0.325 e. The van der Waals surface area contributed by atoms with E-state index in [9.17, 15) is 13.2 Å². The summed E-state index contributed by atoms with van der Waals surface area (Å²) in [5.74, 6) is 0.0796. The number of carbonyl (C=O) groups excluding carboxylic acids is 1. The van der Waals surface area contributed by atoms with E-state index in [1.54, 1.807) is 25.1 Å². The van der Waals surface area contributed by atoms with Crippen molar-refractivity contribution >= 4 is 21.4 Å². The first-order valence-electron chi connectivity index (χ1n) is 6.79. The Morgan fingerprint density at radius 2 is 2.05 bits per heavy atom. The van der Waals surface area contributed by atoms with Gasteiger partial charge in [-0.15, -0.1) is 0 Å². The molecule has 0 bridgehead atoms. The number of anilines is 1. The Hall–Kier alpha value is -1.40. The molecule has 2 rings (SSSR count). The van der Waals surface area contributed by atoms with E-state index in [1.165, 1.54) is 6.07 Å². The molecule has 1 unspecified atom stereocenters. The van der Waals surface area contributed by atoms with Gasteiger partial charge in [0.2, 0.25) is 5.91 Å². The van der Waals surface area contributed by atoms with E-state index >= 15 is 0 Å². The fourth-order valence-electron chi connectivity index (χ4n) is 2.12. The maximum absolute atomic E-state index is 12.2. The zero-order chi connectivity index (χ0) is 14.8. The molecule has 0 spiro atoms. The topological polar surface area (TPSA) is 75.3 Å². The van der Waals surface area contributed by atoms with Crippen molar-refractivity contribution in [2.24, 2.45) is 11.8 Å². The lowest BCUT2D eigenvalue weighted by Gasteiger charge is -2.31. The molecule has 1 aromatic carbocycles. The number of benzene rings is 1. The number of amides is 1. The summed E-state index contributed by atoms with van der Waals surface area (Å²) in [6, 6.07) is 6.55. The lowest BCUT2D eigenvalue weighted by Crippen LogP contribution is -2.48. The summed E-state index contributed by atoms with van der Waals surface area (Å²) in [5.41, 5.74) is 0.374. The van der Waals surface area contributed by atoms with Crippen LogP contribution >= 0.6 is 0 Å². The van der Waals surface area contributed by atoms with E-state index in [1.807, 2.05) is 6.92 Å². The quantitative estimate of drug-likeness (QED) is 0.858. The highest BCUT2D eigenvalue weighted by Crippen LogP contribution is 2.24. The zero-order valence-electron chi connectivity index (χ0n) is 11.7. The molecule has 0 aliphatic carbocycles. The maximum Gasteiger partial charge on any atom is 0.227 e. The smallest absolute Gasteiger partial charge is 0.227 e. The van der Waals surface area contributed by atoms with Crippen molar-refractivity contribution in [3.05, 3.63) is 24.3 Å². The molecule has 0 radical (unpaired) electrons. The summed E-state index contributed by atoms with van der Waals surface area (Å²) in [4.78, 5) is 12.4. The summed E-state index contributed by atoms with van der Waals surface area (Å²) in [6.07, 6.45) is 0. The van der Waals surface area contributed by atoms with Crippen LogP contribution in [0.2, 0.25) is 0 Å². The van der Waals surface area contributed by atoms with Crippen molar-refractivity contribution in [1.29, 1.82) is 0 Å². The molecule has 1 aliphatic rings. The fourth-order valence-corrected chi connectivity index (χ4v) is 3.17. The van der Waals surface area contributed by atoms with Gasteiger partial charge in [0.1, 0.15) is 0 Å². The maximum atomic E-state index is 12.2. The van der Waals surface area contributed by atoms with Gasteiger partial charge < -0.3 is 10.6 Å². The highest BCUT2D eigenvalue weighted by Gasteiger charge is 2.29. The summed E-state index contributed by atoms with van der Waals surface area (Å²) >= 11 is 0. The minimum Gasteiger partial charge on any atom is -0.325 e. The third-order valence-corrected chi connectivity index (χ3v) is 5.58. The normalized spacial score (nSPS) is 17.3. The molecule has 20 heavy (non-hydrogen) atoms. The number of rotatable bonds is 5. The van der Waals surface area contributed by atoms with Crippen molar-refractivity contribution in [2.45, 2.75) is 18.7 Å². The summed E-state index contributed by atoms with van der Waals surface area (Å²) in [6.45, 7) is 5.14. The molecule has 1 fully saturated rings. The average molecular weight is 296 g/mol. The minimum absolute atomic E-state index is 0.0159. The van der Waals surface area contributed by atoms with Crippen LogP contribution in [-0.2, 0) is 14.6 Å². The van der Waals surface area contributed by atoms with E-state index in [4.69, 9.17) is 0 Å². The number of hydrogen-bond acceptors (Lipinski definition) is 4. The van der Waals surface area contributed by atoms with Gasteiger partial charge in [0.25, 0.3) is 0 Å². The van der Waals surface area contributed by atoms with Gasteiger partial charge in [-0.05, 0) is 31.1 Å². The predicted octanol–water partition coefficient (Wildman–Crippen LogP) is 1.27. The van der Waals surface area contributed by atoms with E-state index in [-0.39, 0.29) is 22.5 Å². The van der Waals surface area contributed by atoms with Crippen LogP contribution in [0.25, 0.3) is 0 Å². The third kappa shape index (κ3) is 3.02. The van der Waals surface area contributed by atoms with E-state index in [0.717, 1.165) is 13.1 Å². The second-order valence-electron chi connectivity index (χ2n) is 5.10. The van der Waals surface area contributed by atoms with E-state index in [2.05, 4.69) is 10.6 Å². The highest BCUT2D eigenvalue weighted by atomic mass is 32.2. The number of carbonyl (C=O) groups is 1. The SMILES string of the molecule is CCS(=O)(=O)c1ccccc1NC(=O)C(C)C1CNC1. The van der Waals surface area contributed by atoms with Crippen molar-refractivity contribution < 1.29 is 13.2 Å². The molecule has 1 aliphatic heterocycles. The number of nitrogens with one attached hydrogen (secondary N) is 2. The van der Waals surface area contributed by atoms with Gasteiger partial charge in [-0.25, -0.2) is 8.42 Å². The molecule has 1 amide bonds. The molecule has 1 heterocycles. The summed E-state index contributed by atoms with van der Waals surface area (Å²) < 4.78 is 24.0. The number of sulfone groups is 1. The van der Waals surface area contributed by atoms with Gasteiger partial charge in [-0.1, -0.05) is 26.0 Å². The first-order valence-corrected chi connectivity index (χ1v) is 8.44. The molecule has 1 aromatic rings. The second-order valence-corrected chi connectivity index (χ2v) is 7.34. The molecule has 0 saturated carbocycles. The lowest BCUT2D eigenvalue weighted by atomic mass is 9.88. The Labute approximate surface area is 119 Å². The molecule has 5 nitrogen and oxygen atoms in total. The molecule has 1 saturated heterocycles. The van der Waals surface area contributed by atoms with Crippen molar-refractivity contribution in [2.75, 3.05) is 24.2 Å².